The SMILES string of the molecule is C=C(C)C(=O)O[C@H]1CC[C@@]2(C)C(=CC[C@H]3[C@@H]4CC[C@H](C(C)CCCC(C)Cc5ccc(Cl)cc5Cl)[C@@]4(C)CC[C@@H]32)C1. The van der Waals surface area contributed by atoms with Crippen molar-refractivity contribution in [3.8, 4) is 0 Å². The molecule has 3 saturated carbocycles. The molecule has 0 N–H and O–H groups in total. The first-order valence-corrected chi connectivity index (χ1v) is 17.2. The molecule has 0 bridgehead atoms. The molecule has 1 aromatic rings. The summed E-state index contributed by atoms with van der Waals surface area (Å²) < 4.78 is 5.80. The van der Waals surface area contributed by atoms with Gasteiger partial charge in [0.2, 0.25) is 0 Å². The van der Waals surface area contributed by atoms with Crippen LogP contribution in [0.2, 0.25) is 10.0 Å². The van der Waals surface area contributed by atoms with Gasteiger partial charge in [-0.3, -0.25) is 0 Å². The number of carbonyl (C=O) groups excluding carboxylic acids is 1. The van der Waals surface area contributed by atoms with Gasteiger partial charge in [0.15, 0.2) is 0 Å². The number of halogens is 2. The van der Waals surface area contributed by atoms with Crippen LogP contribution in [0.25, 0.3) is 0 Å². The molecule has 226 valence electrons. The van der Waals surface area contributed by atoms with Gasteiger partial charge in [-0.1, -0.05) is 94.5 Å². The Morgan fingerprint density at radius 1 is 1.07 bits per heavy atom. The van der Waals surface area contributed by atoms with E-state index >= 15 is 0 Å². The number of hydrogen-bond acceptors (Lipinski definition) is 2. The van der Waals surface area contributed by atoms with Crippen molar-refractivity contribution in [3.05, 3.63) is 57.6 Å². The van der Waals surface area contributed by atoms with E-state index in [2.05, 4.69) is 46.4 Å². The highest BCUT2D eigenvalue weighted by Crippen LogP contribution is 2.67. The molecule has 0 amide bonds. The molecule has 4 heteroatoms. The Morgan fingerprint density at radius 2 is 1.85 bits per heavy atom. The fourth-order valence-corrected chi connectivity index (χ4v) is 10.6. The minimum absolute atomic E-state index is 0.0199. The fourth-order valence-electron chi connectivity index (χ4n) is 10.1. The molecule has 4 aliphatic rings. The van der Waals surface area contributed by atoms with Crippen molar-refractivity contribution in [2.75, 3.05) is 0 Å². The third-order valence-corrected chi connectivity index (χ3v) is 13.0. The average Bonchev–Trinajstić information content (AvgIpc) is 3.27. The van der Waals surface area contributed by atoms with Crippen LogP contribution in [0.4, 0.5) is 0 Å². The highest BCUT2D eigenvalue weighted by atomic mass is 35.5. The van der Waals surface area contributed by atoms with Gasteiger partial charge >= 0.3 is 5.97 Å². The monoisotopic (exact) mass is 598 g/mol. The van der Waals surface area contributed by atoms with Crippen molar-refractivity contribution >= 4 is 29.2 Å². The van der Waals surface area contributed by atoms with Gasteiger partial charge in [0.05, 0.1) is 0 Å². The van der Waals surface area contributed by atoms with E-state index in [9.17, 15) is 4.79 Å². The normalized spacial score (nSPS) is 35.9. The molecule has 0 heterocycles. The molecule has 2 unspecified atom stereocenters. The van der Waals surface area contributed by atoms with E-state index < -0.39 is 0 Å². The molecule has 4 aliphatic carbocycles. The van der Waals surface area contributed by atoms with Crippen LogP contribution in [0.1, 0.15) is 111 Å². The van der Waals surface area contributed by atoms with Gasteiger partial charge in [0.1, 0.15) is 6.10 Å². The highest BCUT2D eigenvalue weighted by molar-refractivity contribution is 6.35. The molecule has 0 radical (unpaired) electrons. The zero-order valence-electron chi connectivity index (χ0n) is 26.1. The predicted molar refractivity (Wildman–Crippen MR) is 172 cm³/mol. The maximum atomic E-state index is 12.2. The van der Waals surface area contributed by atoms with Gasteiger partial charge < -0.3 is 4.74 Å². The summed E-state index contributed by atoms with van der Waals surface area (Å²) in [5.41, 5.74) is 4.07. The first kappa shape index (κ1) is 31.2. The van der Waals surface area contributed by atoms with Gasteiger partial charge in [-0.05, 0) is 122 Å². The molecule has 1 aromatic carbocycles. The number of allylic oxidation sites excluding steroid dienone is 1. The molecule has 0 saturated heterocycles. The third kappa shape index (κ3) is 6.22. The Bertz CT molecular complexity index is 1170. The summed E-state index contributed by atoms with van der Waals surface area (Å²) in [5.74, 6) is 4.50. The molecule has 3 fully saturated rings. The topological polar surface area (TPSA) is 26.3 Å². The van der Waals surface area contributed by atoms with E-state index in [1.54, 1.807) is 12.5 Å². The van der Waals surface area contributed by atoms with E-state index in [4.69, 9.17) is 27.9 Å². The Kier molecular flexibility index (Phi) is 9.43. The summed E-state index contributed by atoms with van der Waals surface area (Å²) in [4.78, 5) is 12.2. The second kappa shape index (κ2) is 12.4. The van der Waals surface area contributed by atoms with Crippen molar-refractivity contribution < 1.29 is 9.53 Å². The Morgan fingerprint density at radius 3 is 2.59 bits per heavy atom. The maximum Gasteiger partial charge on any atom is 0.333 e. The number of fused-ring (bicyclic) bond motifs is 5. The molecule has 0 spiro atoms. The summed E-state index contributed by atoms with van der Waals surface area (Å²) in [5, 5.41) is 1.52. The minimum Gasteiger partial charge on any atom is -0.459 e. The van der Waals surface area contributed by atoms with Crippen LogP contribution in [0.5, 0.6) is 0 Å². The molecule has 9 atom stereocenters. The lowest BCUT2D eigenvalue weighted by Crippen LogP contribution is -2.51. The van der Waals surface area contributed by atoms with Gasteiger partial charge in [-0.25, -0.2) is 4.79 Å². The zero-order valence-corrected chi connectivity index (χ0v) is 27.6. The van der Waals surface area contributed by atoms with E-state index in [0.29, 0.717) is 21.9 Å². The number of ether oxygens (including phenoxy) is 1. The smallest absolute Gasteiger partial charge is 0.333 e. The van der Waals surface area contributed by atoms with Gasteiger partial charge in [-0.2, -0.15) is 0 Å². The number of carbonyl (C=O) groups is 1. The first-order chi connectivity index (χ1) is 19.4. The molecule has 5 rings (SSSR count). The number of benzene rings is 1. The van der Waals surface area contributed by atoms with Crippen LogP contribution in [-0.4, -0.2) is 12.1 Å². The average molecular weight is 600 g/mol. The van der Waals surface area contributed by atoms with Crippen LogP contribution < -0.4 is 0 Å². The van der Waals surface area contributed by atoms with Crippen molar-refractivity contribution in [1.82, 2.24) is 0 Å². The van der Waals surface area contributed by atoms with E-state index in [1.165, 1.54) is 56.9 Å². The van der Waals surface area contributed by atoms with Crippen LogP contribution in [-0.2, 0) is 16.0 Å². The quantitative estimate of drug-likeness (QED) is 0.160. The van der Waals surface area contributed by atoms with Crippen LogP contribution in [0, 0.1) is 46.3 Å². The van der Waals surface area contributed by atoms with Crippen molar-refractivity contribution in [3.63, 3.8) is 0 Å². The van der Waals surface area contributed by atoms with Crippen LogP contribution in [0.3, 0.4) is 0 Å². The van der Waals surface area contributed by atoms with Crippen LogP contribution in [0.15, 0.2) is 42.0 Å². The standard InChI is InChI=1S/C37H52Cl2O2/c1-23(2)35(40)41-29-16-18-36(5)27(21-29)11-13-30-32-15-14-31(37(32,6)19-17-33(30)36)25(4)9-7-8-24(3)20-26-10-12-28(38)22-34(26)39/h10-12,22,24-25,29-33H,1,7-9,13-21H2,2-6H3/t24?,25?,29-,30-,31+,32-,33-,36-,37+/m0/s1. The van der Waals surface area contributed by atoms with Gasteiger partial charge in [0.25, 0.3) is 0 Å². The van der Waals surface area contributed by atoms with Crippen molar-refractivity contribution in [1.29, 1.82) is 0 Å². The Hall–Kier alpha value is -1.25. The van der Waals surface area contributed by atoms with Crippen molar-refractivity contribution in [2.45, 2.75) is 118 Å². The molecule has 0 aromatic heterocycles. The maximum absolute atomic E-state index is 12.2. The van der Waals surface area contributed by atoms with Gasteiger partial charge in [0, 0.05) is 22.0 Å². The summed E-state index contributed by atoms with van der Waals surface area (Å²) in [6.07, 6.45) is 17.4. The second-order valence-corrected chi connectivity index (χ2v) is 15.8. The number of esters is 1. The summed E-state index contributed by atoms with van der Waals surface area (Å²) >= 11 is 12.5. The summed E-state index contributed by atoms with van der Waals surface area (Å²) in [6, 6.07) is 5.92. The van der Waals surface area contributed by atoms with Gasteiger partial charge in [-0.15, -0.1) is 0 Å². The van der Waals surface area contributed by atoms with Crippen molar-refractivity contribution in [2.24, 2.45) is 46.3 Å². The fraction of sp³-hybridized carbons (Fsp3) is 0.703. The molecular formula is C37H52Cl2O2. The van der Waals surface area contributed by atoms with E-state index in [1.807, 2.05) is 12.1 Å². The summed E-state index contributed by atoms with van der Waals surface area (Å²) in [7, 11) is 0. The highest BCUT2D eigenvalue weighted by Gasteiger charge is 2.59. The lowest BCUT2D eigenvalue weighted by molar-refractivity contribution is -0.146. The van der Waals surface area contributed by atoms with E-state index in [-0.39, 0.29) is 17.5 Å². The molecule has 41 heavy (non-hydrogen) atoms. The first-order valence-electron chi connectivity index (χ1n) is 16.4. The number of hydrogen-bond donors (Lipinski definition) is 0. The van der Waals surface area contributed by atoms with Crippen LogP contribution >= 0.6 is 23.2 Å². The zero-order chi connectivity index (χ0) is 29.5. The second-order valence-electron chi connectivity index (χ2n) is 15.0. The summed E-state index contributed by atoms with van der Waals surface area (Å²) in [6.45, 7) is 15.7. The lowest BCUT2D eigenvalue weighted by atomic mass is 9.47. The molecule has 0 aliphatic heterocycles. The molecule has 2 nitrogen and oxygen atoms in total. The molecular weight excluding hydrogens is 547 g/mol. The lowest BCUT2D eigenvalue weighted by Gasteiger charge is -2.58. The van der Waals surface area contributed by atoms with E-state index in [0.717, 1.165) is 60.3 Å². The minimum atomic E-state index is -0.229. The predicted octanol–water partition coefficient (Wildman–Crippen LogP) is 11.0. The Balaban J connectivity index is 1.17. The third-order valence-electron chi connectivity index (χ3n) is 12.4. The largest absolute Gasteiger partial charge is 0.459 e. The number of rotatable bonds is 9. The Labute approximate surface area is 259 Å².